The summed E-state index contributed by atoms with van der Waals surface area (Å²) in [7, 11) is 1.72. The highest BCUT2D eigenvalue weighted by molar-refractivity contribution is 14.0. The normalized spacial score (nSPS) is 23.4. The molecule has 2 fully saturated rings. The summed E-state index contributed by atoms with van der Waals surface area (Å²) in [5.41, 5.74) is 0.752. The minimum Gasteiger partial charge on any atom is -0.375 e. The van der Waals surface area contributed by atoms with Gasteiger partial charge in [0.25, 0.3) is 5.69 Å². The van der Waals surface area contributed by atoms with E-state index >= 15 is 0 Å². The molecule has 2 aliphatic heterocycles. The van der Waals surface area contributed by atoms with E-state index < -0.39 is 0 Å². The summed E-state index contributed by atoms with van der Waals surface area (Å²) in [6.45, 7) is 3.22. The highest BCUT2D eigenvalue weighted by Crippen LogP contribution is 2.21. The Morgan fingerprint density at radius 3 is 2.81 bits per heavy atom. The molecule has 0 saturated carbocycles. The molecule has 1 aromatic carbocycles. The van der Waals surface area contributed by atoms with E-state index in [-0.39, 0.29) is 46.8 Å². The highest BCUT2D eigenvalue weighted by Gasteiger charge is 2.32. The van der Waals surface area contributed by atoms with Crippen LogP contribution in [0.1, 0.15) is 18.4 Å². The van der Waals surface area contributed by atoms with Crippen LogP contribution in [-0.2, 0) is 16.0 Å². The molecule has 0 spiro atoms. The van der Waals surface area contributed by atoms with Crippen LogP contribution in [0, 0.1) is 10.1 Å². The SMILES string of the molecule is CN=C(NCc1ccccc1[N+](=O)[O-])N1CCOC(C2CCCO2)C1.I. The lowest BCUT2D eigenvalue weighted by Gasteiger charge is -2.37. The van der Waals surface area contributed by atoms with Crippen LogP contribution in [0.3, 0.4) is 0 Å². The molecular weight excluding hydrogens is 451 g/mol. The molecule has 1 aromatic rings. The molecule has 2 saturated heterocycles. The topological polar surface area (TPSA) is 89.2 Å². The zero-order valence-corrected chi connectivity index (χ0v) is 17.1. The van der Waals surface area contributed by atoms with Gasteiger partial charge in [-0.1, -0.05) is 18.2 Å². The number of ether oxygens (including phenoxy) is 2. The zero-order chi connectivity index (χ0) is 17.6. The second-order valence-corrected chi connectivity index (χ2v) is 6.19. The number of halogens is 1. The lowest BCUT2D eigenvalue weighted by molar-refractivity contribution is -0.385. The second-order valence-electron chi connectivity index (χ2n) is 6.19. The summed E-state index contributed by atoms with van der Waals surface area (Å²) < 4.78 is 11.6. The van der Waals surface area contributed by atoms with Crippen LogP contribution in [0.15, 0.2) is 29.3 Å². The predicted molar refractivity (Wildman–Crippen MR) is 109 cm³/mol. The van der Waals surface area contributed by atoms with Crippen molar-refractivity contribution in [2.24, 2.45) is 4.99 Å². The molecule has 1 N–H and O–H groups in total. The van der Waals surface area contributed by atoms with Crippen molar-refractivity contribution in [1.29, 1.82) is 0 Å². The average molecular weight is 476 g/mol. The van der Waals surface area contributed by atoms with Gasteiger partial charge in [-0.2, -0.15) is 0 Å². The summed E-state index contributed by atoms with van der Waals surface area (Å²) in [6.07, 6.45) is 2.30. The van der Waals surface area contributed by atoms with E-state index in [0.717, 1.165) is 32.0 Å². The van der Waals surface area contributed by atoms with Crippen LogP contribution in [0.2, 0.25) is 0 Å². The van der Waals surface area contributed by atoms with Gasteiger partial charge in [-0.3, -0.25) is 15.1 Å². The van der Waals surface area contributed by atoms with Gasteiger partial charge in [-0.05, 0) is 12.8 Å². The summed E-state index contributed by atoms with van der Waals surface area (Å²) in [6, 6.07) is 6.74. The van der Waals surface area contributed by atoms with Crippen molar-refractivity contribution in [3.8, 4) is 0 Å². The number of nitrogens with zero attached hydrogens (tertiary/aromatic N) is 3. The van der Waals surface area contributed by atoms with Gasteiger partial charge in [-0.15, -0.1) is 24.0 Å². The zero-order valence-electron chi connectivity index (χ0n) is 14.8. The minimum absolute atomic E-state index is 0. The fraction of sp³-hybridized carbons (Fsp3) is 0.588. The Balaban J connectivity index is 0.00000243. The molecule has 2 unspecified atom stereocenters. The molecule has 2 atom stereocenters. The second kappa shape index (κ2) is 10.0. The van der Waals surface area contributed by atoms with Gasteiger partial charge in [-0.25, -0.2) is 0 Å². The van der Waals surface area contributed by atoms with Crippen LogP contribution in [-0.4, -0.2) is 61.3 Å². The number of nitro groups is 1. The lowest BCUT2D eigenvalue weighted by Crippen LogP contribution is -2.53. The molecule has 144 valence electrons. The van der Waals surface area contributed by atoms with Crippen molar-refractivity contribution >= 4 is 35.6 Å². The summed E-state index contributed by atoms with van der Waals surface area (Å²) >= 11 is 0. The Kier molecular flexibility index (Phi) is 8.04. The van der Waals surface area contributed by atoms with Crippen molar-refractivity contribution < 1.29 is 14.4 Å². The standard InChI is InChI=1S/C17H24N4O4.HI/c1-18-17(19-11-13-5-2-3-6-14(13)21(22)23)20-8-10-25-16(12-20)15-7-4-9-24-15;/h2-3,5-6,15-16H,4,7-12H2,1H3,(H,18,19);1H. The first-order valence-corrected chi connectivity index (χ1v) is 8.60. The van der Waals surface area contributed by atoms with Crippen LogP contribution in [0.4, 0.5) is 5.69 Å². The number of benzene rings is 1. The number of para-hydroxylation sites is 1. The van der Waals surface area contributed by atoms with Crippen LogP contribution >= 0.6 is 24.0 Å². The van der Waals surface area contributed by atoms with E-state index in [1.165, 1.54) is 6.07 Å². The molecule has 8 nitrogen and oxygen atoms in total. The molecule has 2 heterocycles. The summed E-state index contributed by atoms with van der Waals surface area (Å²) in [4.78, 5) is 17.2. The molecule has 0 aliphatic carbocycles. The van der Waals surface area contributed by atoms with Crippen molar-refractivity contribution in [1.82, 2.24) is 10.2 Å². The van der Waals surface area contributed by atoms with E-state index in [9.17, 15) is 10.1 Å². The lowest BCUT2D eigenvalue weighted by atomic mass is 10.1. The largest absolute Gasteiger partial charge is 0.375 e. The van der Waals surface area contributed by atoms with Crippen LogP contribution in [0.5, 0.6) is 0 Å². The van der Waals surface area contributed by atoms with E-state index in [1.807, 2.05) is 0 Å². The first-order valence-electron chi connectivity index (χ1n) is 8.60. The average Bonchev–Trinajstić information content (AvgIpc) is 3.17. The molecule has 0 amide bonds. The van der Waals surface area contributed by atoms with Gasteiger partial charge in [0, 0.05) is 44.9 Å². The molecule has 26 heavy (non-hydrogen) atoms. The maximum atomic E-state index is 11.1. The number of nitro benzene ring substituents is 1. The molecule has 3 rings (SSSR count). The number of aliphatic imine (C=N–C) groups is 1. The van der Waals surface area contributed by atoms with Crippen molar-refractivity contribution in [3.05, 3.63) is 39.9 Å². The minimum atomic E-state index is -0.359. The third kappa shape index (κ3) is 5.04. The Morgan fingerprint density at radius 2 is 2.12 bits per heavy atom. The van der Waals surface area contributed by atoms with Gasteiger partial charge < -0.3 is 19.7 Å². The van der Waals surface area contributed by atoms with Gasteiger partial charge in [0.1, 0.15) is 6.10 Å². The van der Waals surface area contributed by atoms with Gasteiger partial charge in [0.2, 0.25) is 0 Å². The monoisotopic (exact) mass is 476 g/mol. The Labute approximate surface area is 170 Å². The smallest absolute Gasteiger partial charge is 0.274 e. The molecule has 0 radical (unpaired) electrons. The first-order chi connectivity index (χ1) is 12.2. The van der Waals surface area contributed by atoms with Crippen molar-refractivity contribution in [2.75, 3.05) is 33.4 Å². The number of hydrogen-bond acceptors (Lipinski definition) is 5. The number of morpholine rings is 1. The summed E-state index contributed by atoms with van der Waals surface area (Å²) in [5, 5.41) is 14.4. The van der Waals surface area contributed by atoms with E-state index in [2.05, 4.69) is 15.2 Å². The molecule has 0 bridgehead atoms. The van der Waals surface area contributed by atoms with E-state index in [0.29, 0.717) is 25.3 Å². The molecule has 0 aromatic heterocycles. The predicted octanol–water partition coefficient (Wildman–Crippen LogP) is 2.17. The fourth-order valence-electron chi connectivity index (χ4n) is 3.33. The summed E-state index contributed by atoms with van der Waals surface area (Å²) in [5.74, 6) is 0.726. The van der Waals surface area contributed by atoms with E-state index in [4.69, 9.17) is 9.47 Å². The number of hydrogen-bond donors (Lipinski definition) is 1. The Morgan fingerprint density at radius 1 is 1.35 bits per heavy atom. The third-order valence-electron chi connectivity index (χ3n) is 4.61. The van der Waals surface area contributed by atoms with Gasteiger partial charge in [0.15, 0.2) is 5.96 Å². The molecular formula is C17H25IN4O4. The maximum absolute atomic E-state index is 11.1. The van der Waals surface area contributed by atoms with E-state index in [1.54, 1.807) is 25.2 Å². The number of nitrogens with one attached hydrogen (secondary N) is 1. The third-order valence-corrected chi connectivity index (χ3v) is 4.61. The van der Waals surface area contributed by atoms with Crippen LogP contribution in [0.25, 0.3) is 0 Å². The van der Waals surface area contributed by atoms with Gasteiger partial charge in [0.05, 0.1) is 17.6 Å². The number of rotatable bonds is 4. The Bertz CT molecular complexity index is 637. The number of guanidine groups is 1. The first kappa shape index (κ1) is 20.8. The van der Waals surface area contributed by atoms with Crippen molar-refractivity contribution in [2.45, 2.75) is 31.6 Å². The molecule has 9 heteroatoms. The maximum Gasteiger partial charge on any atom is 0.274 e. The Hall–Kier alpha value is -1.46. The van der Waals surface area contributed by atoms with Crippen molar-refractivity contribution in [3.63, 3.8) is 0 Å². The fourth-order valence-corrected chi connectivity index (χ4v) is 3.33. The molecule has 2 aliphatic rings. The van der Waals surface area contributed by atoms with Gasteiger partial charge >= 0.3 is 0 Å². The quantitative estimate of drug-likeness (QED) is 0.236. The highest BCUT2D eigenvalue weighted by atomic mass is 127. The van der Waals surface area contributed by atoms with Crippen LogP contribution < -0.4 is 5.32 Å².